The minimum Gasteiger partial charge on any atom is -0.456 e. The van der Waals surface area contributed by atoms with Crippen LogP contribution in [0, 0.1) is 0 Å². The smallest absolute Gasteiger partial charge is 0.138 e. The van der Waals surface area contributed by atoms with Crippen LogP contribution in [0.5, 0.6) is 0 Å². The van der Waals surface area contributed by atoms with Gasteiger partial charge in [-0.2, -0.15) is 0 Å². The van der Waals surface area contributed by atoms with Crippen LogP contribution in [-0.4, -0.2) is 9.13 Å². The van der Waals surface area contributed by atoms with Crippen LogP contribution < -0.4 is 9.80 Å². The molecule has 6 nitrogen and oxygen atoms in total. The number of anilines is 6. The first-order chi connectivity index (χ1) is 36.8. The average molecular weight is 943 g/mol. The van der Waals surface area contributed by atoms with Crippen LogP contribution in [0.4, 0.5) is 34.1 Å². The Bertz CT molecular complexity index is 4740. The summed E-state index contributed by atoms with van der Waals surface area (Å²) in [4.78, 5) is 5.06. The van der Waals surface area contributed by atoms with E-state index in [2.05, 4.69) is 237 Å². The molecule has 6 heteroatoms. The quantitative estimate of drug-likeness (QED) is 0.173. The minimum atomic E-state index is -0.195. The molecular weight excluding hydrogens is 905 g/mol. The predicted octanol–water partition coefficient (Wildman–Crippen LogP) is 18.5. The Morgan fingerprint density at radius 3 is 1.19 bits per heavy atom. The number of rotatable bonds is 2. The van der Waals surface area contributed by atoms with Crippen molar-refractivity contribution in [2.45, 2.75) is 12.1 Å². The molecule has 8 heterocycles. The van der Waals surface area contributed by atoms with Crippen LogP contribution >= 0.6 is 0 Å². The molecule has 0 spiro atoms. The lowest BCUT2D eigenvalue weighted by Crippen LogP contribution is -2.31. The molecule has 0 radical (unpaired) electrons. The number of para-hydroxylation sites is 8. The Labute approximate surface area is 422 Å². The summed E-state index contributed by atoms with van der Waals surface area (Å²) in [5.74, 6) is 0. The molecule has 0 bridgehead atoms. The molecule has 74 heavy (non-hydrogen) atoms. The van der Waals surface area contributed by atoms with E-state index >= 15 is 0 Å². The fourth-order valence-corrected chi connectivity index (χ4v) is 14.6. The van der Waals surface area contributed by atoms with Crippen LogP contribution in [0.2, 0.25) is 0 Å². The van der Waals surface area contributed by atoms with Crippen LogP contribution in [0.1, 0.15) is 34.3 Å². The fraction of sp³-hybridized carbons (Fsp3) is 0.0294. The monoisotopic (exact) mass is 942 g/mol. The number of aromatic nitrogens is 2. The van der Waals surface area contributed by atoms with Crippen LogP contribution in [0.15, 0.2) is 227 Å². The summed E-state index contributed by atoms with van der Waals surface area (Å²) in [5, 5.41) is 9.63. The van der Waals surface area contributed by atoms with Crippen molar-refractivity contribution in [3.05, 3.63) is 241 Å². The summed E-state index contributed by atoms with van der Waals surface area (Å²) in [6, 6.07) is 80.4. The normalized spacial score (nSPS) is 15.8. The molecule has 4 aliphatic rings. The summed E-state index contributed by atoms with van der Waals surface area (Å²) in [7, 11) is 0. The van der Waals surface area contributed by atoms with E-state index in [1.54, 1.807) is 0 Å². The van der Waals surface area contributed by atoms with Gasteiger partial charge in [0, 0.05) is 122 Å². The van der Waals surface area contributed by atoms with Crippen molar-refractivity contribution in [1.82, 2.24) is 9.13 Å². The first-order valence-corrected chi connectivity index (χ1v) is 25.7. The Kier molecular flexibility index (Phi) is 6.77. The summed E-state index contributed by atoms with van der Waals surface area (Å²) in [6.45, 7) is 0. The third kappa shape index (κ3) is 4.40. The molecular formula is C68H38N4O2. The van der Waals surface area contributed by atoms with Gasteiger partial charge in [0.05, 0.1) is 45.9 Å². The molecule has 11 aromatic carbocycles. The highest BCUT2D eigenvalue weighted by atomic mass is 16.3. The first-order valence-electron chi connectivity index (χ1n) is 25.7. The standard InChI is InChI=1S/C68H38N4O2/c1-3-17-37(18-4-1)69-51-34-52-48(33-47(51)67-63-53(69)35-57-59(43-23-9-13-31-55(43)73-57)61(63)45-27-15-25-41-39-21-7-11-29-49(39)71(67)65(41)45)68-64-54(70(52)38-19-5-2-6-20-38)36-58-60(44-24-10-14-32-56(44)74-58)62(64)46-28-16-26-42-40-22-8-12-30-50(40)72(68)66(42)46/h1-36,67-68H. The first kappa shape index (κ1) is 38.0. The topological polar surface area (TPSA) is 42.6 Å². The summed E-state index contributed by atoms with van der Waals surface area (Å²) in [6.07, 6.45) is 0. The average Bonchev–Trinajstić information content (AvgIpc) is 4.24. The molecule has 0 fully saturated rings. The van der Waals surface area contributed by atoms with E-state index in [0.29, 0.717) is 0 Å². The maximum absolute atomic E-state index is 6.97. The molecule has 4 aromatic heterocycles. The highest BCUT2D eigenvalue weighted by Gasteiger charge is 2.46. The molecule has 0 saturated carbocycles. The molecule has 15 aromatic rings. The lowest BCUT2D eigenvalue weighted by atomic mass is 9.76. The second-order valence-corrected chi connectivity index (χ2v) is 20.6. The molecule has 0 N–H and O–H groups in total. The Morgan fingerprint density at radius 2 is 0.716 bits per heavy atom. The summed E-state index contributed by atoms with van der Waals surface area (Å²) in [5.41, 5.74) is 25.2. The van der Waals surface area contributed by atoms with Crippen molar-refractivity contribution in [3.8, 4) is 22.3 Å². The molecule has 0 amide bonds. The minimum absolute atomic E-state index is 0.195. The van der Waals surface area contributed by atoms with Crippen molar-refractivity contribution < 1.29 is 8.83 Å². The van der Waals surface area contributed by atoms with Crippen molar-refractivity contribution in [2.75, 3.05) is 9.80 Å². The van der Waals surface area contributed by atoms with Crippen LogP contribution in [0.3, 0.4) is 0 Å². The van der Waals surface area contributed by atoms with E-state index in [9.17, 15) is 0 Å². The maximum atomic E-state index is 6.97. The Balaban J connectivity index is 1.03. The van der Waals surface area contributed by atoms with Crippen molar-refractivity contribution in [1.29, 1.82) is 0 Å². The van der Waals surface area contributed by atoms with Crippen molar-refractivity contribution in [3.63, 3.8) is 0 Å². The van der Waals surface area contributed by atoms with Gasteiger partial charge in [0.25, 0.3) is 0 Å². The lowest BCUT2D eigenvalue weighted by molar-refractivity contribution is 0.665. The van der Waals surface area contributed by atoms with Gasteiger partial charge in [0.2, 0.25) is 0 Å². The van der Waals surface area contributed by atoms with Crippen molar-refractivity contribution >= 4 is 122 Å². The van der Waals surface area contributed by atoms with Crippen molar-refractivity contribution in [2.24, 2.45) is 0 Å². The molecule has 2 unspecified atom stereocenters. The highest BCUT2D eigenvalue weighted by Crippen LogP contribution is 2.65. The number of nitrogens with zero attached hydrogens (tertiary/aromatic N) is 4. The van der Waals surface area contributed by atoms with Crippen LogP contribution in [0.25, 0.3) is 110 Å². The van der Waals surface area contributed by atoms with Gasteiger partial charge < -0.3 is 27.8 Å². The van der Waals surface area contributed by atoms with Gasteiger partial charge in [-0.05, 0) is 60.7 Å². The number of furan rings is 2. The third-order valence-electron chi connectivity index (χ3n) is 17.2. The zero-order chi connectivity index (χ0) is 47.7. The second kappa shape index (κ2) is 13.2. The predicted molar refractivity (Wildman–Crippen MR) is 302 cm³/mol. The van der Waals surface area contributed by atoms with Gasteiger partial charge in [-0.25, -0.2) is 0 Å². The summed E-state index contributed by atoms with van der Waals surface area (Å²) >= 11 is 0. The number of fused-ring (bicyclic) bond motifs is 22. The number of hydrogen-bond acceptors (Lipinski definition) is 4. The van der Waals surface area contributed by atoms with E-state index < -0.39 is 0 Å². The van der Waals surface area contributed by atoms with Gasteiger partial charge in [0.15, 0.2) is 0 Å². The Morgan fingerprint density at radius 1 is 0.311 bits per heavy atom. The lowest BCUT2D eigenvalue weighted by Gasteiger charge is -2.46. The molecule has 4 aliphatic heterocycles. The Hall–Kier alpha value is -9.78. The van der Waals surface area contributed by atoms with E-state index in [-0.39, 0.29) is 12.1 Å². The van der Waals surface area contributed by atoms with Crippen LogP contribution in [-0.2, 0) is 0 Å². The van der Waals surface area contributed by atoms with Gasteiger partial charge in [0.1, 0.15) is 22.3 Å². The highest BCUT2D eigenvalue weighted by molar-refractivity contribution is 6.25. The molecule has 19 rings (SSSR count). The third-order valence-corrected chi connectivity index (χ3v) is 17.2. The number of benzene rings is 11. The van der Waals surface area contributed by atoms with Gasteiger partial charge in [-0.3, -0.25) is 0 Å². The summed E-state index contributed by atoms with van der Waals surface area (Å²) < 4.78 is 19.3. The largest absolute Gasteiger partial charge is 0.456 e. The molecule has 342 valence electrons. The van der Waals surface area contributed by atoms with E-state index in [4.69, 9.17) is 8.83 Å². The molecule has 2 atom stereocenters. The molecule has 0 saturated heterocycles. The SMILES string of the molecule is c1ccc(N2c3cc4c(cc3C3c5c2cc2oc6ccccc6c2c5-c2cccc5c6ccccc6n3c25)C2c3c(cc5oc6ccccc6c5c3-c3cccc5c6ccccc6n2c35)N4c2ccccc2)cc1. The van der Waals surface area contributed by atoms with E-state index in [1.165, 1.54) is 88.1 Å². The zero-order valence-electron chi connectivity index (χ0n) is 39.5. The maximum Gasteiger partial charge on any atom is 0.138 e. The molecule has 0 aliphatic carbocycles. The fourth-order valence-electron chi connectivity index (χ4n) is 14.6. The second-order valence-electron chi connectivity index (χ2n) is 20.6. The van der Waals surface area contributed by atoms with E-state index in [0.717, 1.165) is 78.0 Å². The van der Waals surface area contributed by atoms with Gasteiger partial charge >= 0.3 is 0 Å². The van der Waals surface area contributed by atoms with E-state index in [1.807, 2.05) is 0 Å². The zero-order valence-corrected chi connectivity index (χ0v) is 39.5. The number of hydrogen-bond donors (Lipinski definition) is 0. The van der Waals surface area contributed by atoms with Gasteiger partial charge in [-0.1, -0.05) is 146 Å². The van der Waals surface area contributed by atoms with Gasteiger partial charge in [-0.15, -0.1) is 0 Å².